The average molecular weight is 1140 g/mol. The zero-order chi connectivity index (χ0) is 58.9. The molecule has 0 spiro atoms. The van der Waals surface area contributed by atoms with E-state index in [4.69, 9.17) is 23.7 Å². The number of hydrogen-bond acceptors (Lipinski definition) is 11. The third-order valence-electron chi connectivity index (χ3n) is 15.1. The number of allylic oxidation sites excluding steroid dienone is 10. The lowest BCUT2D eigenvalue weighted by Crippen LogP contribution is -2.61. The molecule has 1 aliphatic rings. The number of carbonyl (C=O) groups is 4. The van der Waals surface area contributed by atoms with Crippen molar-refractivity contribution in [2.75, 3.05) is 13.2 Å². The molecule has 81 heavy (non-hydrogen) atoms. The van der Waals surface area contributed by atoms with E-state index < -0.39 is 67.3 Å². The van der Waals surface area contributed by atoms with Gasteiger partial charge in [0.05, 0.1) is 6.61 Å². The molecule has 0 amide bonds. The molecule has 0 bridgehead atoms. The first kappa shape index (κ1) is 75.4. The number of carboxylic acid groups (broad SMARTS) is 1. The molecule has 1 rings (SSSR count). The highest BCUT2D eigenvalue weighted by molar-refractivity contribution is 5.74. The first-order valence-corrected chi connectivity index (χ1v) is 33.3. The summed E-state index contributed by atoms with van der Waals surface area (Å²) in [5.74, 6) is -3.12. The number of aliphatic hydroxyl groups excluding tert-OH is 2. The molecule has 1 aliphatic heterocycles. The van der Waals surface area contributed by atoms with E-state index in [9.17, 15) is 34.5 Å². The lowest BCUT2D eigenvalue weighted by atomic mass is 9.98. The highest BCUT2D eigenvalue weighted by Gasteiger charge is 2.50. The van der Waals surface area contributed by atoms with Gasteiger partial charge in [0, 0.05) is 19.3 Å². The van der Waals surface area contributed by atoms with Gasteiger partial charge in [0.2, 0.25) is 0 Å². The van der Waals surface area contributed by atoms with Gasteiger partial charge in [0.15, 0.2) is 24.6 Å². The van der Waals surface area contributed by atoms with Crippen LogP contribution in [0.15, 0.2) is 60.8 Å². The normalized spacial score (nSPS) is 18.1. The second kappa shape index (κ2) is 56.9. The molecule has 1 fully saturated rings. The molecule has 12 heteroatoms. The van der Waals surface area contributed by atoms with Crippen LogP contribution in [0.3, 0.4) is 0 Å². The fourth-order valence-electron chi connectivity index (χ4n) is 10.0. The van der Waals surface area contributed by atoms with Crippen molar-refractivity contribution in [3.05, 3.63) is 60.8 Å². The van der Waals surface area contributed by atoms with Crippen LogP contribution in [0.25, 0.3) is 0 Å². The van der Waals surface area contributed by atoms with Gasteiger partial charge in [-0.2, -0.15) is 0 Å². The van der Waals surface area contributed by atoms with Crippen molar-refractivity contribution in [1.29, 1.82) is 0 Å². The molecule has 6 atom stereocenters. The summed E-state index contributed by atoms with van der Waals surface area (Å²) >= 11 is 0. The number of hydrogen-bond donors (Lipinski definition) is 3. The van der Waals surface area contributed by atoms with E-state index in [1.54, 1.807) is 0 Å². The smallest absolute Gasteiger partial charge is 0.335 e. The van der Waals surface area contributed by atoms with Gasteiger partial charge >= 0.3 is 23.9 Å². The van der Waals surface area contributed by atoms with E-state index in [0.29, 0.717) is 19.3 Å². The fraction of sp³-hybridized carbons (Fsp3) is 0.797. The molecule has 3 N–H and O–H groups in total. The van der Waals surface area contributed by atoms with Crippen LogP contribution in [0, 0.1) is 0 Å². The van der Waals surface area contributed by atoms with Crippen molar-refractivity contribution >= 4 is 23.9 Å². The molecule has 0 aromatic carbocycles. The van der Waals surface area contributed by atoms with Crippen molar-refractivity contribution in [2.45, 2.75) is 340 Å². The Morgan fingerprint density at radius 1 is 0.420 bits per heavy atom. The van der Waals surface area contributed by atoms with Crippen molar-refractivity contribution in [3.63, 3.8) is 0 Å². The first-order chi connectivity index (χ1) is 39.6. The summed E-state index contributed by atoms with van der Waals surface area (Å²) in [5, 5.41) is 31.6. The minimum atomic E-state index is -1.91. The number of rotatable bonds is 57. The van der Waals surface area contributed by atoms with Gasteiger partial charge in [0.25, 0.3) is 0 Å². The number of aliphatic hydroxyl groups is 2. The molecule has 0 aromatic heterocycles. The summed E-state index contributed by atoms with van der Waals surface area (Å²) in [5.41, 5.74) is 0. The van der Waals surface area contributed by atoms with Crippen molar-refractivity contribution in [3.8, 4) is 0 Å². The van der Waals surface area contributed by atoms with E-state index in [-0.39, 0.29) is 25.9 Å². The summed E-state index contributed by atoms with van der Waals surface area (Å²) in [6.07, 6.45) is 58.9. The monoisotopic (exact) mass is 1140 g/mol. The Kier molecular flexibility index (Phi) is 53.0. The zero-order valence-corrected chi connectivity index (χ0v) is 51.8. The number of unbranched alkanes of at least 4 members (excludes halogenated alkanes) is 33. The number of ether oxygens (including phenoxy) is 5. The molecule has 0 aliphatic carbocycles. The van der Waals surface area contributed by atoms with Gasteiger partial charge in [-0.1, -0.05) is 261 Å². The maximum absolute atomic E-state index is 13.2. The fourth-order valence-corrected chi connectivity index (χ4v) is 10.0. The minimum Gasteiger partial charge on any atom is -0.479 e. The van der Waals surface area contributed by atoms with Gasteiger partial charge in [-0.05, 0) is 83.5 Å². The van der Waals surface area contributed by atoms with E-state index in [2.05, 4.69) is 81.5 Å². The summed E-state index contributed by atoms with van der Waals surface area (Å²) in [4.78, 5) is 51.3. The van der Waals surface area contributed by atoms with Crippen molar-refractivity contribution < 1.29 is 58.2 Å². The largest absolute Gasteiger partial charge is 0.479 e. The van der Waals surface area contributed by atoms with Crippen LogP contribution in [0.2, 0.25) is 0 Å². The molecule has 0 saturated carbocycles. The van der Waals surface area contributed by atoms with Crippen LogP contribution in [-0.4, -0.2) is 89.2 Å². The average Bonchev–Trinajstić information content (AvgIpc) is 3.46. The molecule has 468 valence electrons. The Labute approximate surface area is 494 Å². The molecule has 1 saturated heterocycles. The molecule has 0 aromatic rings. The zero-order valence-electron chi connectivity index (χ0n) is 51.8. The highest BCUT2D eigenvalue weighted by Crippen LogP contribution is 2.27. The number of esters is 3. The van der Waals surface area contributed by atoms with Gasteiger partial charge < -0.3 is 39.0 Å². The second-order valence-corrected chi connectivity index (χ2v) is 22.7. The first-order valence-electron chi connectivity index (χ1n) is 33.3. The van der Waals surface area contributed by atoms with Crippen molar-refractivity contribution in [1.82, 2.24) is 0 Å². The lowest BCUT2D eigenvalue weighted by molar-refractivity contribution is -0.301. The summed E-state index contributed by atoms with van der Waals surface area (Å²) in [6.45, 7) is 5.89. The van der Waals surface area contributed by atoms with Gasteiger partial charge in [-0.3, -0.25) is 14.4 Å². The molecule has 6 unspecified atom stereocenters. The minimum absolute atomic E-state index is 0.0500. The molecule has 12 nitrogen and oxygen atoms in total. The van der Waals surface area contributed by atoms with E-state index in [1.165, 1.54) is 122 Å². The Bertz CT molecular complexity index is 1640. The van der Waals surface area contributed by atoms with E-state index in [0.717, 1.165) is 122 Å². The number of carbonyl (C=O) groups excluding carboxylic acids is 3. The van der Waals surface area contributed by atoms with Crippen LogP contribution < -0.4 is 0 Å². The molecule has 0 radical (unpaired) electrons. The van der Waals surface area contributed by atoms with Crippen LogP contribution in [0.4, 0.5) is 0 Å². The Balaban J connectivity index is 2.65. The third kappa shape index (κ3) is 46.5. The van der Waals surface area contributed by atoms with E-state index in [1.807, 2.05) is 0 Å². The van der Waals surface area contributed by atoms with Crippen LogP contribution in [0.5, 0.6) is 0 Å². The number of carboxylic acids is 1. The predicted octanol–water partition coefficient (Wildman–Crippen LogP) is 17.9. The van der Waals surface area contributed by atoms with E-state index >= 15 is 0 Å². The standard InChI is InChI=1S/C69H120O12/c1-4-7-10-13-16-19-22-25-27-29-31-33-35-38-40-43-46-49-52-55-61(70)77-58-60(79-62(71)56-53-50-47-44-42-39-36-34-32-30-28-26-23-20-17-14-11-8-5-2)59-78-69-67(65(74)64(73)66(81-69)68(75)76)80-63(72)57-54-51-48-45-41-37-24-21-18-15-12-9-6-3/h7,10,16,19,21,24-25,27,31,33,60,64-67,69,73-74H,4-6,8-9,11-15,17-18,20,22-23,26,28-30,32,34-59H2,1-3H3,(H,75,76)/b10-7-,19-16-,24-21-,27-25-,33-31-. The van der Waals surface area contributed by atoms with Crippen LogP contribution in [-0.2, 0) is 42.9 Å². The van der Waals surface area contributed by atoms with Gasteiger partial charge in [-0.25, -0.2) is 4.79 Å². The van der Waals surface area contributed by atoms with Crippen molar-refractivity contribution in [2.24, 2.45) is 0 Å². The van der Waals surface area contributed by atoms with Crippen LogP contribution >= 0.6 is 0 Å². The van der Waals surface area contributed by atoms with Gasteiger partial charge in [-0.15, -0.1) is 0 Å². The highest BCUT2D eigenvalue weighted by atomic mass is 16.7. The Hall–Kier alpha value is -3.58. The quantitative estimate of drug-likeness (QED) is 0.0228. The summed E-state index contributed by atoms with van der Waals surface area (Å²) < 4.78 is 28.5. The SMILES string of the molecule is CC/C=C\C/C=C\C/C=C\C/C=C\CCCCCCCCC(=O)OCC(COC1OC(C(=O)O)C(O)C(O)C1OC(=O)CCCCCCC/C=C\CCCCCC)OC(=O)CCCCCCCCCCCCCCCCCCCCC. The lowest BCUT2D eigenvalue weighted by Gasteiger charge is -2.40. The second-order valence-electron chi connectivity index (χ2n) is 22.7. The maximum atomic E-state index is 13.2. The predicted molar refractivity (Wildman–Crippen MR) is 331 cm³/mol. The van der Waals surface area contributed by atoms with Crippen LogP contribution in [0.1, 0.15) is 303 Å². The third-order valence-corrected chi connectivity index (χ3v) is 15.1. The Morgan fingerprint density at radius 2 is 0.778 bits per heavy atom. The Morgan fingerprint density at radius 3 is 1.21 bits per heavy atom. The summed E-state index contributed by atoms with van der Waals surface area (Å²) in [6, 6.07) is 0. The topological polar surface area (TPSA) is 175 Å². The summed E-state index contributed by atoms with van der Waals surface area (Å²) in [7, 11) is 0. The molecular formula is C69H120O12. The molecular weight excluding hydrogens is 1020 g/mol. The molecule has 1 heterocycles. The maximum Gasteiger partial charge on any atom is 0.335 e. The van der Waals surface area contributed by atoms with Gasteiger partial charge in [0.1, 0.15) is 18.8 Å². The number of aliphatic carboxylic acids is 1.